The van der Waals surface area contributed by atoms with Gasteiger partial charge in [0.05, 0.1) is 6.33 Å². The van der Waals surface area contributed by atoms with Crippen LogP contribution in [0.25, 0.3) is 0 Å². The Labute approximate surface area is 63.9 Å². The van der Waals surface area contributed by atoms with E-state index in [1.54, 1.807) is 12.5 Å². The molecular weight excluding hydrogens is 146 g/mol. The molecule has 1 rings (SSSR count). The van der Waals surface area contributed by atoms with Crippen molar-refractivity contribution in [1.82, 2.24) is 9.97 Å². The number of aliphatic hydroxyl groups excluding tert-OH is 1. The normalized spacial score (nSPS) is 13.8. The number of hydrogen-bond acceptors (Lipinski definition) is 3. The fraction of sp³-hybridized carbons (Fsp3) is 0.500. The molecule has 0 aromatic carbocycles. The van der Waals surface area contributed by atoms with Crippen molar-refractivity contribution < 1.29 is 15.9 Å². The summed E-state index contributed by atoms with van der Waals surface area (Å²) in [5.41, 5.74) is 4.42. The van der Waals surface area contributed by atoms with E-state index in [-0.39, 0.29) is 0 Å². The molecule has 1 aromatic heterocycles. The fourth-order valence-corrected chi connectivity index (χ4v) is 0.784. The second kappa shape index (κ2) is 3.47. The first-order valence-corrected chi connectivity index (χ1v) is 3.36. The highest BCUT2D eigenvalue weighted by molar-refractivity contribution is 4.95. The summed E-state index contributed by atoms with van der Waals surface area (Å²) in [6.07, 6.45) is 2.32. The van der Waals surface area contributed by atoms with E-state index in [9.17, 15) is 0 Å². The molecule has 0 aliphatic heterocycles. The van der Waals surface area contributed by atoms with Crippen LogP contribution in [0.5, 0.6) is 0 Å². The summed E-state index contributed by atoms with van der Waals surface area (Å²) in [6, 6.07) is -0.407. The molecule has 1 atom stereocenters. The summed E-state index contributed by atoms with van der Waals surface area (Å²) in [5, 5.41) is 17.4. The van der Waals surface area contributed by atoms with E-state index in [1.807, 2.05) is 0 Å². The first kappa shape index (κ1) is 8.19. The molecule has 0 radical (unpaired) electrons. The van der Waals surface area contributed by atoms with Crippen LogP contribution in [0.15, 0.2) is 12.5 Å². The number of aromatic nitrogens is 2. The van der Waals surface area contributed by atoms with E-state index in [0.717, 1.165) is 5.69 Å². The lowest BCUT2D eigenvalue weighted by atomic mass is 10.2. The van der Waals surface area contributed by atoms with E-state index in [4.69, 9.17) is 10.2 Å². The molecule has 0 spiro atoms. The number of quaternary nitrogens is 1. The van der Waals surface area contributed by atoms with E-state index in [0.29, 0.717) is 6.42 Å². The van der Waals surface area contributed by atoms with Crippen LogP contribution in [0.1, 0.15) is 5.69 Å². The van der Waals surface area contributed by atoms with Crippen LogP contribution in [0.3, 0.4) is 0 Å². The zero-order valence-electron chi connectivity index (χ0n) is 6.07. The van der Waals surface area contributed by atoms with Gasteiger partial charge < -0.3 is 20.9 Å². The summed E-state index contributed by atoms with van der Waals surface area (Å²) in [5.74, 6) is 0. The van der Waals surface area contributed by atoms with Gasteiger partial charge in [-0.1, -0.05) is 0 Å². The minimum absolute atomic E-state index is 0.407. The molecule has 0 fully saturated rings. The number of nitrogens with zero attached hydrogens (tertiary/aromatic N) is 1. The minimum atomic E-state index is -1.36. The third-order valence-corrected chi connectivity index (χ3v) is 1.46. The SMILES string of the molecule is [NH3+][C@@H](Cc1cnc[nH]1)C(O)O. The zero-order valence-corrected chi connectivity index (χ0v) is 6.07. The smallest absolute Gasteiger partial charge is 0.205 e. The predicted molar refractivity (Wildman–Crippen MR) is 37.2 cm³/mol. The molecule has 1 heterocycles. The number of aromatic amines is 1. The molecule has 0 saturated carbocycles. The van der Waals surface area contributed by atoms with Crippen molar-refractivity contribution in [3.63, 3.8) is 0 Å². The van der Waals surface area contributed by atoms with Crippen LogP contribution in [0.2, 0.25) is 0 Å². The Morgan fingerprint density at radius 2 is 2.36 bits per heavy atom. The average molecular weight is 158 g/mol. The number of nitrogens with one attached hydrogen (secondary N) is 1. The van der Waals surface area contributed by atoms with Crippen LogP contribution in [-0.2, 0) is 6.42 Å². The first-order valence-electron chi connectivity index (χ1n) is 3.36. The molecule has 1 aromatic rings. The van der Waals surface area contributed by atoms with Gasteiger partial charge in [-0.3, -0.25) is 0 Å². The van der Waals surface area contributed by atoms with E-state index < -0.39 is 12.3 Å². The predicted octanol–water partition coefficient (Wildman–Crippen LogP) is -2.13. The Kier molecular flexibility index (Phi) is 2.58. The second-order valence-electron chi connectivity index (χ2n) is 2.45. The van der Waals surface area contributed by atoms with Crippen molar-refractivity contribution >= 4 is 0 Å². The van der Waals surface area contributed by atoms with Crippen molar-refractivity contribution in [2.24, 2.45) is 0 Å². The topological polar surface area (TPSA) is 96.8 Å². The molecule has 0 saturated heterocycles. The lowest BCUT2D eigenvalue weighted by Crippen LogP contribution is -2.67. The largest absolute Gasteiger partial charge is 0.363 e. The summed E-state index contributed by atoms with van der Waals surface area (Å²) in [4.78, 5) is 6.64. The maximum atomic E-state index is 8.68. The van der Waals surface area contributed by atoms with Crippen molar-refractivity contribution in [2.75, 3.05) is 0 Å². The lowest BCUT2D eigenvalue weighted by Gasteiger charge is -2.07. The maximum Gasteiger partial charge on any atom is 0.205 e. The third kappa shape index (κ3) is 2.30. The Hall–Kier alpha value is -0.910. The summed E-state index contributed by atoms with van der Waals surface area (Å²) in [6.45, 7) is 0. The highest BCUT2D eigenvalue weighted by atomic mass is 16.5. The molecule has 0 unspecified atom stereocenters. The Balaban J connectivity index is 2.43. The van der Waals surface area contributed by atoms with Crippen LogP contribution >= 0.6 is 0 Å². The van der Waals surface area contributed by atoms with Gasteiger partial charge in [-0.05, 0) is 0 Å². The second-order valence-corrected chi connectivity index (χ2v) is 2.45. The molecule has 5 heteroatoms. The van der Waals surface area contributed by atoms with Gasteiger partial charge in [0.2, 0.25) is 6.29 Å². The van der Waals surface area contributed by atoms with E-state index in [2.05, 4.69) is 15.7 Å². The van der Waals surface area contributed by atoms with Gasteiger partial charge in [0, 0.05) is 18.3 Å². The third-order valence-electron chi connectivity index (χ3n) is 1.46. The molecular formula is C6H12N3O2+. The monoisotopic (exact) mass is 158 g/mol. The van der Waals surface area contributed by atoms with Crippen molar-refractivity contribution in [3.05, 3.63) is 18.2 Å². The summed E-state index contributed by atoms with van der Waals surface area (Å²) in [7, 11) is 0. The molecule has 6 N–H and O–H groups in total. The zero-order chi connectivity index (χ0) is 8.27. The Morgan fingerprint density at radius 1 is 1.64 bits per heavy atom. The van der Waals surface area contributed by atoms with Crippen molar-refractivity contribution in [1.29, 1.82) is 0 Å². The highest BCUT2D eigenvalue weighted by Gasteiger charge is 2.15. The quantitative estimate of drug-likeness (QED) is 0.378. The van der Waals surface area contributed by atoms with Gasteiger partial charge in [0.25, 0.3) is 0 Å². The molecule has 0 aliphatic carbocycles. The molecule has 62 valence electrons. The van der Waals surface area contributed by atoms with Gasteiger partial charge >= 0.3 is 0 Å². The van der Waals surface area contributed by atoms with E-state index >= 15 is 0 Å². The highest BCUT2D eigenvalue weighted by Crippen LogP contribution is 1.96. The van der Waals surface area contributed by atoms with Crippen molar-refractivity contribution in [3.8, 4) is 0 Å². The Morgan fingerprint density at radius 3 is 2.82 bits per heavy atom. The van der Waals surface area contributed by atoms with Crippen LogP contribution in [0.4, 0.5) is 0 Å². The number of hydrogen-bond donors (Lipinski definition) is 4. The number of H-pyrrole nitrogens is 1. The standard InChI is InChI=1S/C6H11N3O2/c7-5(6(10)11)1-4-2-8-3-9-4/h2-3,5-6,10-11H,1,7H2,(H,8,9)/p+1/t5-/m0/s1. The summed E-state index contributed by atoms with van der Waals surface area (Å²) < 4.78 is 0. The number of aliphatic hydroxyl groups is 2. The van der Waals surface area contributed by atoms with Gasteiger partial charge in [-0.2, -0.15) is 0 Å². The van der Waals surface area contributed by atoms with Gasteiger partial charge in [-0.25, -0.2) is 4.98 Å². The van der Waals surface area contributed by atoms with Gasteiger partial charge in [0.1, 0.15) is 6.04 Å². The lowest BCUT2D eigenvalue weighted by molar-refractivity contribution is -0.455. The van der Waals surface area contributed by atoms with Gasteiger partial charge in [0.15, 0.2) is 0 Å². The average Bonchev–Trinajstić information content (AvgIpc) is 2.39. The molecule has 0 amide bonds. The van der Waals surface area contributed by atoms with Crippen molar-refractivity contribution in [2.45, 2.75) is 18.8 Å². The number of rotatable bonds is 3. The Bertz CT molecular complexity index is 198. The molecule has 11 heavy (non-hydrogen) atoms. The minimum Gasteiger partial charge on any atom is -0.363 e. The van der Waals surface area contributed by atoms with Crippen LogP contribution < -0.4 is 5.73 Å². The fourth-order valence-electron chi connectivity index (χ4n) is 0.784. The van der Waals surface area contributed by atoms with E-state index in [1.165, 1.54) is 0 Å². The molecule has 5 nitrogen and oxygen atoms in total. The van der Waals surface area contributed by atoms with Gasteiger partial charge in [-0.15, -0.1) is 0 Å². The number of imidazole rings is 1. The first-order chi connectivity index (χ1) is 5.20. The van der Waals surface area contributed by atoms with Crippen LogP contribution in [-0.4, -0.2) is 32.5 Å². The maximum absolute atomic E-state index is 8.68. The van der Waals surface area contributed by atoms with Crippen LogP contribution in [0, 0.1) is 0 Å². The molecule has 0 aliphatic rings. The molecule has 0 bridgehead atoms. The summed E-state index contributed by atoms with van der Waals surface area (Å²) >= 11 is 0.